The number of amides is 2. The molecule has 2 amide bonds. The van der Waals surface area contributed by atoms with Gasteiger partial charge in [-0.2, -0.15) is 0 Å². The minimum absolute atomic E-state index is 0.0842. The number of nitrogens with zero attached hydrogens (tertiary/aromatic N) is 1. The first-order valence-corrected chi connectivity index (χ1v) is 12.0. The molecule has 0 fully saturated rings. The lowest BCUT2D eigenvalue weighted by atomic mass is 10.1. The number of hydrogen-bond acceptors (Lipinski definition) is 6. The number of carbonyl (C=O) groups is 2. The Kier molecular flexibility index (Phi) is 7.49. The van der Waals surface area contributed by atoms with E-state index in [9.17, 15) is 18.0 Å². The number of nitrogens with one attached hydrogen (secondary N) is 2. The fourth-order valence-electron chi connectivity index (χ4n) is 2.83. The highest BCUT2D eigenvalue weighted by molar-refractivity contribution is 7.94. The van der Waals surface area contributed by atoms with Crippen LogP contribution in [0.4, 0.5) is 11.4 Å². The van der Waals surface area contributed by atoms with Crippen molar-refractivity contribution in [1.82, 2.24) is 4.90 Å². The Bertz CT molecular complexity index is 1180. The average molecular weight is 474 g/mol. The Balaban J connectivity index is 1.52. The molecule has 0 aliphatic rings. The van der Waals surface area contributed by atoms with E-state index in [2.05, 4.69) is 10.0 Å². The van der Waals surface area contributed by atoms with Crippen LogP contribution in [0.5, 0.6) is 5.75 Å². The number of thiophene rings is 1. The third-order valence-corrected chi connectivity index (χ3v) is 7.26. The van der Waals surface area contributed by atoms with Crippen LogP contribution in [0.15, 0.2) is 70.3 Å². The third-order valence-electron chi connectivity index (χ3n) is 4.48. The molecule has 2 N–H and O–H groups in total. The van der Waals surface area contributed by atoms with Gasteiger partial charge in [0.1, 0.15) is 9.96 Å². The van der Waals surface area contributed by atoms with E-state index in [1.54, 1.807) is 74.1 Å². The average Bonchev–Trinajstić information content (AvgIpc) is 3.31. The first-order valence-electron chi connectivity index (χ1n) is 9.60. The van der Waals surface area contributed by atoms with Gasteiger partial charge in [-0.05, 0) is 41.3 Å². The SMILES string of the molecule is COc1cccc(NC(=O)CN(C)C(=O)Cc2ccc(NS(=O)(=O)c3cccs3)cc2)c1. The second-order valence-electron chi connectivity index (χ2n) is 6.94. The highest BCUT2D eigenvalue weighted by Crippen LogP contribution is 2.21. The lowest BCUT2D eigenvalue weighted by molar-refractivity contribution is -0.132. The van der Waals surface area contributed by atoms with Crippen molar-refractivity contribution < 1.29 is 22.7 Å². The van der Waals surface area contributed by atoms with Gasteiger partial charge in [0.2, 0.25) is 11.8 Å². The quantitative estimate of drug-likeness (QED) is 0.497. The van der Waals surface area contributed by atoms with Gasteiger partial charge in [0.05, 0.1) is 20.1 Å². The third kappa shape index (κ3) is 6.32. The van der Waals surface area contributed by atoms with E-state index in [1.165, 1.54) is 11.0 Å². The highest BCUT2D eigenvalue weighted by Gasteiger charge is 2.16. The Hall–Kier alpha value is -3.37. The standard InChI is InChI=1S/C22H23N3O5S2/c1-25(15-20(26)23-18-5-3-6-19(14-18)30-2)21(27)13-16-8-10-17(11-9-16)24-32(28,29)22-7-4-12-31-22/h3-12,14,24H,13,15H2,1-2H3,(H,23,26). The van der Waals surface area contributed by atoms with E-state index in [-0.39, 0.29) is 29.0 Å². The number of sulfonamides is 1. The molecule has 0 radical (unpaired) electrons. The summed E-state index contributed by atoms with van der Waals surface area (Å²) >= 11 is 1.13. The van der Waals surface area contributed by atoms with E-state index >= 15 is 0 Å². The minimum atomic E-state index is -3.62. The highest BCUT2D eigenvalue weighted by atomic mass is 32.2. The molecule has 32 heavy (non-hydrogen) atoms. The van der Waals surface area contributed by atoms with Gasteiger partial charge in [-0.3, -0.25) is 14.3 Å². The zero-order valence-corrected chi connectivity index (χ0v) is 19.2. The molecular weight excluding hydrogens is 450 g/mol. The fourth-order valence-corrected chi connectivity index (χ4v) is 4.88. The van der Waals surface area contributed by atoms with Crippen molar-refractivity contribution in [2.24, 2.45) is 0 Å². The molecule has 10 heteroatoms. The largest absolute Gasteiger partial charge is 0.497 e. The fraction of sp³-hybridized carbons (Fsp3) is 0.182. The number of likely N-dealkylation sites (N-methyl/N-ethyl adjacent to an activating group) is 1. The van der Waals surface area contributed by atoms with Gasteiger partial charge in [-0.25, -0.2) is 8.42 Å². The summed E-state index contributed by atoms with van der Waals surface area (Å²) in [6.45, 7) is -0.102. The first kappa shape index (κ1) is 23.3. The summed E-state index contributed by atoms with van der Waals surface area (Å²) in [6, 6.07) is 16.7. The summed E-state index contributed by atoms with van der Waals surface area (Å²) in [5.41, 5.74) is 1.69. The molecule has 0 saturated carbocycles. The molecule has 0 aliphatic carbocycles. The molecule has 1 heterocycles. The van der Waals surface area contributed by atoms with Crippen LogP contribution in [0.1, 0.15) is 5.56 Å². The number of ether oxygens (including phenoxy) is 1. The molecule has 168 valence electrons. The van der Waals surface area contributed by atoms with Crippen molar-refractivity contribution >= 4 is 44.5 Å². The number of benzene rings is 2. The molecule has 0 unspecified atom stereocenters. The molecular formula is C22H23N3O5S2. The maximum Gasteiger partial charge on any atom is 0.271 e. The van der Waals surface area contributed by atoms with Gasteiger partial charge in [0.25, 0.3) is 10.0 Å². The smallest absolute Gasteiger partial charge is 0.271 e. The van der Waals surface area contributed by atoms with E-state index in [4.69, 9.17) is 4.74 Å². The van der Waals surface area contributed by atoms with Crippen LogP contribution in [0.3, 0.4) is 0 Å². The summed E-state index contributed by atoms with van der Waals surface area (Å²) < 4.78 is 32.4. The second-order valence-corrected chi connectivity index (χ2v) is 9.80. The lowest BCUT2D eigenvalue weighted by Crippen LogP contribution is -2.35. The van der Waals surface area contributed by atoms with Crippen LogP contribution in [0, 0.1) is 0 Å². The van der Waals surface area contributed by atoms with E-state index in [0.29, 0.717) is 22.7 Å². The Labute approximate surface area is 190 Å². The molecule has 1 aromatic heterocycles. The summed E-state index contributed by atoms with van der Waals surface area (Å²) in [5, 5.41) is 4.42. The zero-order valence-electron chi connectivity index (χ0n) is 17.6. The van der Waals surface area contributed by atoms with E-state index < -0.39 is 10.0 Å². The van der Waals surface area contributed by atoms with Gasteiger partial charge in [-0.15, -0.1) is 11.3 Å². The Morgan fingerprint density at radius 2 is 1.78 bits per heavy atom. The van der Waals surface area contributed by atoms with E-state index in [0.717, 1.165) is 11.3 Å². The van der Waals surface area contributed by atoms with Crippen LogP contribution in [0.25, 0.3) is 0 Å². The van der Waals surface area contributed by atoms with Crippen molar-refractivity contribution in [2.45, 2.75) is 10.6 Å². The molecule has 0 bridgehead atoms. The predicted octanol–water partition coefficient (Wildman–Crippen LogP) is 3.20. The summed E-state index contributed by atoms with van der Waals surface area (Å²) in [6.07, 6.45) is 0.0842. The summed E-state index contributed by atoms with van der Waals surface area (Å²) in [7, 11) is -0.529. The van der Waals surface area contributed by atoms with Gasteiger partial charge in [-0.1, -0.05) is 24.3 Å². The maximum atomic E-state index is 12.5. The molecule has 0 spiro atoms. The molecule has 8 nitrogen and oxygen atoms in total. The minimum Gasteiger partial charge on any atom is -0.497 e. The van der Waals surface area contributed by atoms with Crippen molar-refractivity contribution in [3.63, 3.8) is 0 Å². The molecule has 3 rings (SSSR count). The maximum absolute atomic E-state index is 12.5. The number of methoxy groups -OCH3 is 1. The van der Waals surface area contributed by atoms with Crippen molar-refractivity contribution in [3.05, 3.63) is 71.6 Å². The normalized spacial score (nSPS) is 10.9. The van der Waals surface area contributed by atoms with Gasteiger partial charge >= 0.3 is 0 Å². The molecule has 0 atom stereocenters. The van der Waals surface area contributed by atoms with Crippen molar-refractivity contribution in [2.75, 3.05) is 30.7 Å². The number of rotatable bonds is 9. The van der Waals surface area contributed by atoms with Crippen LogP contribution >= 0.6 is 11.3 Å². The van der Waals surface area contributed by atoms with Crippen LogP contribution in [-0.4, -0.2) is 45.8 Å². The topological polar surface area (TPSA) is 105 Å². The van der Waals surface area contributed by atoms with Crippen LogP contribution in [0.2, 0.25) is 0 Å². The van der Waals surface area contributed by atoms with Crippen LogP contribution in [-0.2, 0) is 26.0 Å². The Morgan fingerprint density at radius 3 is 2.44 bits per heavy atom. The van der Waals surface area contributed by atoms with Gasteiger partial charge in [0, 0.05) is 24.5 Å². The van der Waals surface area contributed by atoms with E-state index in [1.807, 2.05) is 0 Å². The van der Waals surface area contributed by atoms with Crippen molar-refractivity contribution in [3.8, 4) is 5.75 Å². The molecule has 2 aromatic carbocycles. The monoisotopic (exact) mass is 473 g/mol. The first-order chi connectivity index (χ1) is 15.3. The number of carbonyl (C=O) groups excluding carboxylic acids is 2. The van der Waals surface area contributed by atoms with Gasteiger partial charge < -0.3 is 15.0 Å². The summed E-state index contributed by atoms with van der Waals surface area (Å²) in [5.74, 6) is 0.0542. The van der Waals surface area contributed by atoms with Crippen molar-refractivity contribution in [1.29, 1.82) is 0 Å². The Morgan fingerprint density at radius 1 is 1.03 bits per heavy atom. The molecule has 0 saturated heterocycles. The number of anilines is 2. The van der Waals surface area contributed by atoms with Gasteiger partial charge in [0.15, 0.2) is 0 Å². The van der Waals surface area contributed by atoms with Crippen LogP contribution < -0.4 is 14.8 Å². The number of hydrogen-bond donors (Lipinski definition) is 2. The predicted molar refractivity (Wildman–Crippen MR) is 125 cm³/mol. The zero-order chi connectivity index (χ0) is 23.1. The lowest BCUT2D eigenvalue weighted by Gasteiger charge is -2.17. The second kappa shape index (κ2) is 10.3. The summed E-state index contributed by atoms with van der Waals surface area (Å²) in [4.78, 5) is 26.1. The molecule has 3 aromatic rings. The molecule has 0 aliphatic heterocycles.